The highest BCUT2D eigenvalue weighted by atomic mass is 35.5. The molecule has 5 rings (SSSR count). The van der Waals surface area contributed by atoms with E-state index in [0.29, 0.717) is 40.2 Å². The quantitative estimate of drug-likeness (QED) is 0.319. The maximum atomic E-state index is 13.0. The highest BCUT2D eigenvalue weighted by Crippen LogP contribution is 2.39. The van der Waals surface area contributed by atoms with Crippen LogP contribution < -0.4 is 15.4 Å². The summed E-state index contributed by atoms with van der Waals surface area (Å²) in [6, 6.07) is 13.2. The van der Waals surface area contributed by atoms with Gasteiger partial charge in [0.15, 0.2) is 0 Å². The third-order valence-electron chi connectivity index (χ3n) is 5.71. The van der Waals surface area contributed by atoms with E-state index < -0.39 is 11.8 Å². The van der Waals surface area contributed by atoms with Crippen molar-refractivity contribution in [3.8, 4) is 5.75 Å². The van der Waals surface area contributed by atoms with E-state index in [1.807, 2.05) is 61.1 Å². The molecule has 0 aliphatic carbocycles. The van der Waals surface area contributed by atoms with Crippen molar-refractivity contribution in [3.05, 3.63) is 66.1 Å². The number of likely N-dealkylation sites (N-methyl/N-ethyl adjacent to an activating group) is 1. The molecule has 0 fully saturated rings. The van der Waals surface area contributed by atoms with Crippen LogP contribution in [0.4, 0.5) is 0 Å². The van der Waals surface area contributed by atoms with E-state index >= 15 is 0 Å². The molecule has 0 saturated heterocycles. The van der Waals surface area contributed by atoms with Gasteiger partial charge in [-0.05, 0) is 30.8 Å². The Hall–Kier alpha value is -3.55. The minimum atomic E-state index is -0.427. The van der Waals surface area contributed by atoms with Crippen molar-refractivity contribution in [1.82, 2.24) is 15.2 Å². The standard InChI is InChI=1S/C25H23N3O4.ClH/c1-3-26-10-12-31-16-7-8-20-18(13-16)19(14-28(20)2)22-21(24(29)27-25(22)30)17-6-4-5-15-9-11-32-23(15)17;/h4-9,11,13-14,26H,3,10,12H2,1-2H3,(H,27,29,30);1H. The number of para-hydroxylation sites is 1. The molecular formula is C25H24ClN3O4. The Kier molecular flexibility index (Phi) is 6.26. The van der Waals surface area contributed by atoms with Crippen molar-refractivity contribution in [2.24, 2.45) is 7.05 Å². The predicted molar refractivity (Wildman–Crippen MR) is 130 cm³/mol. The van der Waals surface area contributed by atoms with Crippen LogP contribution in [0.25, 0.3) is 33.0 Å². The van der Waals surface area contributed by atoms with Crippen LogP contribution >= 0.6 is 12.4 Å². The van der Waals surface area contributed by atoms with Gasteiger partial charge < -0.3 is 19.0 Å². The highest BCUT2D eigenvalue weighted by molar-refractivity contribution is 6.50. The summed E-state index contributed by atoms with van der Waals surface area (Å²) in [6.45, 7) is 4.21. The van der Waals surface area contributed by atoms with Crippen LogP contribution in [-0.2, 0) is 16.6 Å². The second-order valence-electron chi connectivity index (χ2n) is 7.71. The van der Waals surface area contributed by atoms with Crippen molar-refractivity contribution in [1.29, 1.82) is 0 Å². The van der Waals surface area contributed by atoms with Crippen molar-refractivity contribution >= 4 is 57.2 Å². The Balaban J connectivity index is 0.00000259. The minimum Gasteiger partial charge on any atom is -0.492 e. The van der Waals surface area contributed by atoms with E-state index in [-0.39, 0.29) is 12.4 Å². The Morgan fingerprint density at radius 3 is 2.64 bits per heavy atom. The number of carbonyl (C=O) groups excluding carboxylic acids is 2. The number of hydrogen-bond acceptors (Lipinski definition) is 5. The van der Waals surface area contributed by atoms with Crippen LogP contribution in [0.3, 0.4) is 0 Å². The number of rotatable bonds is 7. The van der Waals surface area contributed by atoms with E-state index in [1.165, 1.54) is 0 Å². The third kappa shape index (κ3) is 3.90. The molecule has 1 aliphatic heterocycles. The second-order valence-corrected chi connectivity index (χ2v) is 7.71. The molecule has 2 N–H and O–H groups in total. The SMILES string of the molecule is CCNCCOc1ccc2c(c1)c(C1=C(c3cccc4ccoc34)C(=O)NC1=O)cn2C.Cl. The van der Waals surface area contributed by atoms with Crippen molar-refractivity contribution < 1.29 is 18.7 Å². The molecule has 0 bridgehead atoms. The number of aryl methyl sites for hydroxylation is 1. The summed E-state index contributed by atoms with van der Waals surface area (Å²) in [7, 11) is 1.92. The molecule has 7 nitrogen and oxygen atoms in total. The largest absolute Gasteiger partial charge is 0.492 e. The smallest absolute Gasteiger partial charge is 0.259 e. The number of fused-ring (bicyclic) bond motifs is 2. The summed E-state index contributed by atoms with van der Waals surface area (Å²) in [5, 5.41) is 7.41. The Morgan fingerprint density at radius 2 is 1.85 bits per heavy atom. The molecule has 1 aliphatic rings. The molecule has 8 heteroatoms. The van der Waals surface area contributed by atoms with Gasteiger partial charge in [-0.3, -0.25) is 14.9 Å². The van der Waals surface area contributed by atoms with Crippen molar-refractivity contribution in [3.63, 3.8) is 0 Å². The topological polar surface area (TPSA) is 85.5 Å². The zero-order valence-electron chi connectivity index (χ0n) is 18.3. The summed E-state index contributed by atoms with van der Waals surface area (Å²) in [5.41, 5.74) is 3.46. The number of carbonyl (C=O) groups is 2. The summed E-state index contributed by atoms with van der Waals surface area (Å²) in [4.78, 5) is 25.8. The lowest BCUT2D eigenvalue weighted by Crippen LogP contribution is -2.22. The van der Waals surface area contributed by atoms with Gasteiger partial charge in [0, 0.05) is 47.2 Å². The van der Waals surface area contributed by atoms with E-state index in [1.54, 1.807) is 12.3 Å². The van der Waals surface area contributed by atoms with Crippen LogP contribution in [0.2, 0.25) is 0 Å². The highest BCUT2D eigenvalue weighted by Gasteiger charge is 2.35. The van der Waals surface area contributed by atoms with Gasteiger partial charge in [0.2, 0.25) is 0 Å². The fourth-order valence-electron chi connectivity index (χ4n) is 4.24. The Bertz CT molecular complexity index is 1400. The van der Waals surface area contributed by atoms with Gasteiger partial charge in [-0.1, -0.05) is 25.1 Å². The molecule has 2 amide bonds. The van der Waals surface area contributed by atoms with E-state index in [9.17, 15) is 9.59 Å². The first-order chi connectivity index (χ1) is 15.6. The number of nitrogens with zero attached hydrogens (tertiary/aromatic N) is 1. The van der Waals surface area contributed by atoms with Gasteiger partial charge >= 0.3 is 0 Å². The monoisotopic (exact) mass is 465 g/mol. The molecule has 33 heavy (non-hydrogen) atoms. The molecule has 0 spiro atoms. The van der Waals surface area contributed by atoms with Gasteiger partial charge in [0.25, 0.3) is 11.8 Å². The molecule has 3 heterocycles. The van der Waals surface area contributed by atoms with Gasteiger partial charge in [0.1, 0.15) is 17.9 Å². The molecular weight excluding hydrogens is 442 g/mol. The minimum absolute atomic E-state index is 0. The second kappa shape index (κ2) is 9.13. The van der Waals surface area contributed by atoms with Crippen molar-refractivity contribution in [2.45, 2.75) is 6.92 Å². The van der Waals surface area contributed by atoms with Gasteiger partial charge in [0.05, 0.1) is 17.4 Å². The summed E-state index contributed by atoms with van der Waals surface area (Å²) in [6.07, 6.45) is 3.46. The number of ether oxygens (including phenoxy) is 1. The fourth-order valence-corrected chi connectivity index (χ4v) is 4.24. The van der Waals surface area contributed by atoms with Crippen LogP contribution in [0.5, 0.6) is 5.75 Å². The maximum absolute atomic E-state index is 13.0. The van der Waals surface area contributed by atoms with Crippen molar-refractivity contribution in [2.75, 3.05) is 19.7 Å². The maximum Gasteiger partial charge on any atom is 0.259 e. The van der Waals surface area contributed by atoms with Crippen LogP contribution in [-0.4, -0.2) is 36.1 Å². The first kappa shape index (κ1) is 22.6. The molecule has 2 aromatic heterocycles. The molecule has 4 aromatic rings. The normalized spacial score (nSPS) is 13.6. The number of halogens is 1. The Morgan fingerprint density at radius 1 is 1.06 bits per heavy atom. The number of benzene rings is 2. The molecule has 0 radical (unpaired) electrons. The molecule has 170 valence electrons. The van der Waals surface area contributed by atoms with Crippen LogP contribution in [0.1, 0.15) is 18.1 Å². The number of aromatic nitrogens is 1. The first-order valence-corrected chi connectivity index (χ1v) is 10.6. The number of hydrogen-bond donors (Lipinski definition) is 2. The molecule has 0 saturated carbocycles. The average molecular weight is 466 g/mol. The Labute approximate surface area is 196 Å². The third-order valence-corrected chi connectivity index (χ3v) is 5.71. The van der Waals surface area contributed by atoms with E-state index in [0.717, 1.165) is 29.4 Å². The van der Waals surface area contributed by atoms with Gasteiger partial charge in [-0.15, -0.1) is 12.4 Å². The van der Waals surface area contributed by atoms with Crippen LogP contribution in [0, 0.1) is 0 Å². The average Bonchev–Trinajstić information content (AvgIpc) is 3.46. The van der Waals surface area contributed by atoms with Gasteiger partial charge in [-0.25, -0.2) is 0 Å². The zero-order valence-corrected chi connectivity index (χ0v) is 19.1. The lowest BCUT2D eigenvalue weighted by molar-refractivity contribution is -0.122. The number of amides is 2. The molecule has 0 atom stereocenters. The summed E-state index contributed by atoms with van der Waals surface area (Å²) < 4.78 is 13.5. The molecule has 2 aromatic carbocycles. The van der Waals surface area contributed by atoms with E-state index in [2.05, 4.69) is 10.6 Å². The van der Waals surface area contributed by atoms with Gasteiger partial charge in [-0.2, -0.15) is 0 Å². The van der Waals surface area contributed by atoms with E-state index in [4.69, 9.17) is 9.15 Å². The predicted octanol–water partition coefficient (Wildman–Crippen LogP) is 3.90. The summed E-state index contributed by atoms with van der Waals surface area (Å²) in [5.74, 6) is -0.133. The zero-order chi connectivity index (χ0) is 22.2. The lowest BCUT2D eigenvalue weighted by Gasteiger charge is -2.08. The number of furan rings is 1. The number of nitrogens with one attached hydrogen (secondary N) is 2. The van der Waals surface area contributed by atoms with Crippen LogP contribution in [0.15, 0.2) is 59.3 Å². The first-order valence-electron chi connectivity index (χ1n) is 10.6. The fraction of sp³-hybridized carbons (Fsp3) is 0.200. The lowest BCUT2D eigenvalue weighted by atomic mass is 9.95. The molecule has 0 unspecified atom stereocenters. The summed E-state index contributed by atoms with van der Waals surface area (Å²) >= 11 is 0. The number of imide groups is 1.